The highest BCUT2D eigenvalue weighted by molar-refractivity contribution is 5.79. The highest BCUT2D eigenvalue weighted by Gasteiger charge is 2.25. The second-order valence-electron chi connectivity index (χ2n) is 4.35. The largest absolute Gasteiger partial charge is 0.400 e. The van der Waals surface area contributed by atoms with Crippen molar-refractivity contribution in [3.8, 4) is 11.1 Å². The van der Waals surface area contributed by atoms with Crippen LogP contribution in [0.15, 0.2) is 42.5 Å². The van der Waals surface area contributed by atoms with Gasteiger partial charge in [0.1, 0.15) is 0 Å². The molecule has 1 unspecified atom stereocenters. The normalized spacial score (nSPS) is 15.6. The van der Waals surface area contributed by atoms with Crippen LogP contribution in [0.5, 0.6) is 0 Å². The number of rotatable bonds is 0. The van der Waals surface area contributed by atoms with Crippen LogP contribution < -0.4 is 0 Å². The smallest absolute Gasteiger partial charge is 0.0319 e. The van der Waals surface area contributed by atoms with Gasteiger partial charge >= 0.3 is 0 Å². The summed E-state index contributed by atoms with van der Waals surface area (Å²) in [6.45, 7) is 4.51. The molecule has 1 N–H and O–H groups in total. The Morgan fingerprint density at radius 3 is 2.29 bits per heavy atom. The maximum absolute atomic E-state index is 7.00. The highest BCUT2D eigenvalue weighted by atomic mass is 16.2. The molecular formula is C16H18O. The summed E-state index contributed by atoms with van der Waals surface area (Å²) in [6, 6.07) is 15.4. The van der Waals surface area contributed by atoms with E-state index in [9.17, 15) is 0 Å². The molecule has 3 rings (SSSR count). The summed E-state index contributed by atoms with van der Waals surface area (Å²) in [5.41, 5.74) is 7.25. The number of benzene rings is 2. The molecule has 1 aliphatic rings. The van der Waals surface area contributed by atoms with Crippen LogP contribution >= 0.6 is 0 Å². The standard InChI is InChI=1S/C15H14.CH4O/c1-10-6-5-9-14-13-8-4-3-7-12(13)11(2)15(10)14;1-2/h3-9,11H,1-2H3;2H,1H3. The molecule has 2 aromatic carbocycles. The summed E-state index contributed by atoms with van der Waals surface area (Å²) in [5.74, 6) is 0.553. The lowest BCUT2D eigenvalue weighted by molar-refractivity contribution is 0.399. The Hall–Kier alpha value is -1.60. The summed E-state index contributed by atoms with van der Waals surface area (Å²) in [6.07, 6.45) is 0. The van der Waals surface area contributed by atoms with Gasteiger partial charge in [-0.25, -0.2) is 0 Å². The number of fused-ring (bicyclic) bond motifs is 3. The van der Waals surface area contributed by atoms with Crippen molar-refractivity contribution in [2.45, 2.75) is 19.8 Å². The fourth-order valence-corrected chi connectivity index (χ4v) is 2.77. The van der Waals surface area contributed by atoms with Gasteiger partial charge in [0, 0.05) is 13.0 Å². The van der Waals surface area contributed by atoms with Crippen molar-refractivity contribution in [3.63, 3.8) is 0 Å². The van der Waals surface area contributed by atoms with Gasteiger partial charge in [0.25, 0.3) is 0 Å². The topological polar surface area (TPSA) is 20.2 Å². The Morgan fingerprint density at radius 1 is 0.882 bits per heavy atom. The molecule has 0 saturated heterocycles. The number of aryl methyl sites for hydroxylation is 1. The van der Waals surface area contributed by atoms with E-state index in [1.54, 1.807) is 0 Å². The Bertz CT molecular complexity index is 529. The zero-order valence-corrected chi connectivity index (χ0v) is 10.6. The van der Waals surface area contributed by atoms with Crippen molar-refractivity contribution in [2.75, 3.05) is 7.11 Å². The second kappa shape index (κ2) is 4.72. The SMILES string of the molecule is CO.Cc1cccc2c1C(C)c1ccccc1-2. The minimum Gasteiger partial charge on any atom is -0.400 e. The van der Waals surface area contributed by atoms with Crippen LogP contribution in [0.1, 0.15) is 29.5 Å². The first-order valence-corrected chi connectivity index (χ1v) is 5.92. The Morgan fingerprint density at radius 2 is 1.53 bits per heavy atom. The molecule has 88 valence electrons. The Kier molecular flexibility index (Phi) is 3.30. The van der Waals surface area contributed by atoms with Gasteiger partial charge in [-0.2, -0.15) is 0 Å². The number of aliphatic hydroxyl groups excluding tert-OH is 1. The lowest BCUT2D eigenvalue weighted by Crippen LogP contribution is -1.92. The molecule has 0 amide bonds. The van der Waals surface area contributed by atoms with Crippen LogP contribution in [0, 0.1) is 6.92 Å². The maximum Gasteiger partial charge on any atom is 0.0319 e. The number of aliphatic hydroxyl groups is 1. The highest BCUT2D eigenvalue weighted by Crippen LogP contribution is 2.45. The van der Waals surface area contributed by atoms with Crippen molar-refractivity contribution >= 4 is 0 Å². The third-order valence-electron chi connectivity index (χ3n) is 3.47. The zero-order chi connectivity index (χ0) is 12.4. The van der Waals surface area contributed by atoms with E-state index in [0.717, 1.165) is 7.11 Å². The van der Waals surface area contributed by atoms with Gasteiger partial charge in [-0.05, 0) is 34.7 Å². The third-order valence-corrected chi connectivity index (χ3v) is 3.47. The number of hydrogen-bond donors (Lipinski definition) is 1. The maximum atomic E-state index is 7.00. The van der Waals surface area contributed by atoms with Crippen LogP contribution in [0.2, 0.25) is 0 Å². The molecule has 2 aromatic rings. The minimum atomic E-state index is 0.553. The zero-order valence-electron chi connectivity index (χ0n) is 10.6. The van der Waals surface area contributed by atoms with E-state index in [4.69, 9.17) is 5.11 Å². The van der Waals surface area contributed by atoms with Gasteiger partial charge < -0.3 is 5.11 Å². The number of hydrogen-bond acceptors (Lipinski definition) is 1. The lowest BCUT2D eigenvalue weighted by atomic mass is 9.95. The predicted octanol–water partition coefficient (Wildman–Crippen LogP) is 3.74. The minimum absolute atomic E-state index is 0.553. The average molecular weight is 226 g/mol. The van der Waals surface area contributed by atoms with E-state index in [-0.39, 0.29) is 0 Å². The molecule has 1 aliphatic carbocycles. The van der Waals surface area contributed by atoms with Crippen molar-refractivity contribution in [1.29, 1.82) is 0 Å². The summed E-state index contributed by atoms with van der Waals surface area (Å²) < 4.78 is 0. The molecule has 0 saturated carbocycles. The molecular weight excluding hydrogens is 208 g/mol. The summed E-state index contributed by atoms with van der Waals surface area (Å²) in [4.78, 5) is 0. The van der Waals surface area contributed by atoms with Gasteiger partial charge in [-0.1, -0.05) is 49.4 Å². The van der Waals surface area contributed by atoms with Crippen LogP contribution in [0.25, 0.3) is 11.1 Å². The Balaban J connectivity index is 0.000000514. The predicted molar refractivity (Wildman–Crippen MR) is 72.3 cm³/mol. The third kappa shape index (κ3) is 1.77. The molecule has 0 aromatic heterocycles. The molecule has 1 atom stereocenters. The van der Waals surface area contributed by atoms with Crippen molar-refractivity contribution < 1.29 is 5.11 Å². The fraction of sp³-hybridized carbons (Fsp3) is 0.250. The molecule has 0 fully saturated rings. The van der Waals surface area contributed by atoms with E-state index in [1.807, 2.05) is 0 Å². The first-order valence-electron chi connectivity index (χ1n) is 5.92. The quantitative estimate of drug-likeness (QED) is 0.725. The van der Waals surface area contributed by atoms with E-state index in [2.05, 4.69) is 56.3 Å². The first kappa shape index (κ1) is 11.9. The summed E-state index contributed by atoms with van der Waals surface area (Å²) in [7, 11) is 1.00. The van der Waals surface area contributed by atoms with Crippen molar-refractivity contribution in [2.24, 2.45) is 0 Å². The van der Waals surface area contributed by atoms with Crippen LogP contribution in [-0.4, -0.2) is 12.2 Å². The van der Waals surface area contributed by atoms with Crippen LogP contribution in [0.3, 0.4) is 0 Å². The molecule has 0 radical (unpaired) electrons. The van der Waals surface area contributed by atoms with E-state index < -0.39 is 0 Å². The van der Waals surface area contributed by atoms with Gasteiger partial charge in [-0.15, -0.1) is 0 Å². The fourth-order valence-electron chi connectivity index (χ4n) is 2.77. The van der Waals surface area contributed by atoms with Gasteiger partial charge in [0.05, 0.1) is 0 Å². The molecule has 0 heterocycles. The van der Waals surface area contributed by atoms with Crippen molar-refractivity contribution in [3.05, 3.63) is 59.2 Å². The molecule has 17 heavy (non-hydrogen) atoms. The van der Waals surface area contributed by atoms with Gasteiger partial charge in [0.15, 0.2) is 0 Å². The van der Waals surface area contributed by atoms with Crippen LogP contribution in [-0.2, 0) is 0 Å². The van der Waals surface area contributed by atoms with Crippen LogP contribution in [0.4, 0.5) is 0 Å². The van der Waals surface area contributed by atoms with Gasteiger partial charge in [-0.3, -0.25) is 0 Å². The lowest BCUT2D eigenvalue weighted by Gasteiger charge is -2.08. The van der Waals surface area contributed by atoms with E-state index in [1.165, 1.54) is 27.8 Å². The molecule has 0 bridgehead atoms. The second-order valence-corrected chi connectivity index (χ2v) is 4.35. The van der Waals surface area contributed by atoms with E-state index in [0.29, 0.717) is 5.92 Å². The average Bonchev–Trinajstić information content (AvgIpc) is 2.68. The van der Waals surface area contributed by atoms with Gasteiger partial charge in [0.2, 0.25) is 0 Å². The summed E-state index contributed by atoms with van der Waals surface area (Å²) >= 11 is 0. The first-order chi connectivity index (χ1) is 8.29. The monoisotopic (exact) mass is 226 g/mol. The molecule has 1 nitrogen and oxygen atoms in total. The molecule has 0 spiro atoms. The summed E-state index contributed by atoms with van der Waals surface area (Å²) in [5, 5.41) is 7.00. The molecule has 1 heteroatoms. The molecule has 0 aliphatic heterocycles. The van der Waals surface area contributed by atoms with E-state index >= 15 is 0 Å². The Labute approximate surface area is 103 Å². The van der Waals surface area contributed by atoms with Crippen molar-refractivity contribution in [1.82, 2.24) is 0 Å².